The van der Waals surface area contributed by atoms with E-state index in [-0.39, 0.29) is 16.7 Å². The van der Waals surface area contributed by atoms with Gasteiger partial charge in [0, 0.05) is 17.5 Å². The van der Waals surface area contributed by atoms with Crippen molar-refractivity contribution in [2.45, 2.75) is 23.8 Å². The summed E-state index contributed by atoms with van der Waals surface area (Å²) >= 11 is 0. The summed E-state index contributed by atoms with van der Waals surface area (Å²) in [5.41, 5.74) is 2.91. The molecule has 0 unspecified atom stereocenters. The zero-order valence-electron chi connectivity index (χ0n) is 22.6. The molecular formula is C31H30N2O6S. The number of benzene rings is 4. The van der Waals surface area contributed by atoms with E-state index in [9.17, 15) is 13.2 Å². The Labute approximate surface area is 234 Å². The first-order valence-corrected chi connectivity index (χ1v) is 14.1. The van der Waals surface area contributed by atoms with Gasteiger partial charge >= 0.3 is 0 Å². The number of carbonyl (C=O) groups is 1. The molecule has 1 heterocycles. The third-order valence-corrected chi connectivity index (χ3v) is 8.95. The summed E-state index contributed by atoms with van der Waals surface area (Å²) in [5.74, 6) is 0.795. The molecule has 1 aliphatic heterocycles. The van der Waals surface area contributed by atoms with Crippen LogP contribution in [0.4, 0.5) is 11.4 Å². The number of hydrogen-bond donors (Lipinski definition) is 1. The lowest BCUT2D eigenvalue weighted by molar-refractivity contribution is 0.102. The molecular weight excluding hydrogens is 528 g/mol. The monoisotopic (exact) mass is 558 g/mol. The summed E-state index contributed by atoms with van der Waals surface area (Å²) in [7, 11) is 0.575. The zero-order chi connectivity index (χ0) is 28.4. The third kappa shape index (κ3) is 4.73. The van der Waals surface area contributed by atoms with Crippen LogP contribution in [0.25, 0.3) is 0 Å². The van der Waals surface area contributed by atoms with Gasteiger partial charge in [0.25, 0.3) is 15.9 Å². The average molecular weight is 559 g/mol. The van der Waals surface area contributed by atoms with Crippen LogP contribution in [-0.4, -0.2) is 35.7 Å². The molecule has 1 amide bonds. The minimum absolute atomic E-state index is 0.168. The van der Waals surface area contributed by atoms with Crippen LogP contribution in [-0.2, 0) is 10.0 Å². The Morgan fingerprint density at radius 3 is 2.02 bits per heavy atom. The van der Waals surface area contributed by atoms with E-state index in [1.807, 2.05) is 19.1 Å². The van der Waals surface area contributed by atoms with Gasteiger partial charge in [-0.3, -0.25) is 9.10 Å². The van der Waals surface area contributed by atoms with Gasteiger partial charge in [0.05, 0.1) is 43.6 Å². The van der Waals surface area contributed by atoms with Crippen molar-refractivity contribution in [2.75, 3.05) is 31.0 Å². The van der Waals surface area contributed by atoms with Gasteiger partial charge in [-0.15, -0.1) is 0 Å². The van der Waals surface area contributed by atoms with Crippen molar-refractivity contribution in [3.63, 3.8) is 0 Å². The van der Waals surface area contributed by atoms with Gasteiger partial charge in [-0.05, 0) is 53.6 Å². The fourth-order valence-corrected chi connectivity index (χ4v) is 6.91. The number of fused-ring (bicyclic) bond motifs is 1. The van der Waals surface area contributed by atoms with E-state index >= 15 is 0 Å². The maximum absolute atomic E-state index is 14.2. The summed E-state index contributed by atoms with van der Waals surface area (Å²) in [6.45, 7) is 1.97. The SMILES string of the molecule is COc1cc2c(cc1NC(=O)c1ccccc1)[C@@H](C)[C@H](c1ccc(OC)c(OC)c1)N2S(=O)(=O)c1ccccc1. The highest BCUT2D eigenvalue weighted by molar-refractivity contribution is 7.92. The van der Waals surface area contributed by atoms with Gasteiger partial charge in [-0.1, -0.05) is 49.4 Å². The van der Waals surface area contributed by atoms with Crippen LogP contribution in [0, 0.1) is 0 Å². The fourth-order valence-electron chi connectivity index (χ4n) is 5.16. The zero-order valence-corrected chi connectivity index (χ0v) is 23.4. The number of sulfonamides is 1. The van der Waals surface area contributed by atoms with Crippen LogP contribution in [0.3, 0.4) is 0 Å². The molecule has 9 heteroatoms. The predicted octanol–water partition coefficient (Wildman–Crippen LogP) is 6.02. The van der Waals surface area contributed by atoms with Crippen molar-refractivity contribution in [3.8, 4) is 17.2 Å². The highest BCUT2D eigenvalue weighted by Crippen LogP contribution is 2.54. The number of amides is 1. The highest BCUT2D eigenvalue weighted by atomic mass is 32.2. The number of methoxy groups -OCH3 is 3. The molecule has 0 saturated heterocycles. The quantitative estimate of drug-likeness (QED) is 0.284. The number of ether oxygens (including phenoxy) is 3. The van der Waals surface area contributed by atoms with Crippen molar-refractivity contribution in [1.29, 1.82) is 0 Å². The van der Waals surface area contributed by atoms with Crippen LogP contribution < -0.4 is 23.8 Å². The first-order valence-electron chi connectivity index (χ1n) is 12.7. The molecule has 4 aromatic carbocycles. The minimum Gasteiger partial charge on any atom is -0.494 e. The molecule has 0 saturated carbocycles. The highest BCUT2D eigenvalue weighted by Gasteiger charge is 2.45. The molecule has 0 radical (unpaired) electrons. The van der Waals surface area contributed by atoms with E-state index in [1.165, 1.54) is 11.4 Å². The molecule has 1 N–H and O–H groups in total. The molecule has 40 heavy (non-hydrogen) atoms. The molecule has 5 rings (SSSR count). The van der Waals surface area contributed by atoms with Crippen molar-refractivity contribution >= 4 is 27.3 Å². The summed E-state index contributed by atoms with van der Waals surface area (Å²) in [6.07, 6.45) is 0. The average Bonchev–Trinajstić information content (AvgIpc) is 3.28. The van der Waals surface area contributed by atoms with Crippen molar-refractivity contribution in [1.82, 2.24) is 0 Å². The predicted molar refractivity (Wildman–Crippen MR) is 154 cm³/mol. The Hall–Kier alpha value is -4.50. The second-order valence-electron chi connectivity index (χ2n) is 9.39. The lowest BCUT2D eigenvalue weighted by atomic mass is 9.91. The van der Waals surface area contributed by atoms with Crippen LogP contribution in [0.2, 0.25) is 0 Å². The molecule has 0 aliphatic carbocycles. The summed E-state index contributed by atoms with van der Waals surface area (Å²) < 4.78 is 46.5. The summed E-state index contributed by atoms with van der Waals surface area (Å²) in [5, 5.41) is 2.93. The Kier molecular flexibility index (Phi) is 7.40. The van der Waals surface area contributed by atoms with Gasteiger partial charge in [0.1, 0.15) is 5.75 Å². The van der Waals surface area contributed by atoms with Crippen LogP contribution in [0.5, 0.6) is 17.2 Å². The fraction of sp³-hybridized carbons (Fsp3) is 0.194. The van der Waals surface area contributed by atoms with E-state index in [4.69, 9.17) is 14.2 Å². The molecule has 206 valence electrons. The molecule has 1 aliphatic rings. The van der Waals surface area contributed by atoms with E-state index in [0.29, 0.717) is 34.2 Å². The first-order chi connectivity index (χ1) is 19.3. The number of rotatable bonds is 8. The summed E-state index contributed by atoms with van der Waals surface area (Å²) in [6, 6.07) is 25.5. The number of nitrogens with one attached hydrogen (secondary N) is 1. The maximum Gasteiger partial charge on any atom is 0.264 e. The molecule has 4 aromatic rings. The second-order valence-corrected chi connectivity index (χ2v) is 11.2. The van der Waals surface area contributed by atoms with Crippen molar-refractivity contribution in [3.05, 3.63) is 108 Å². The van der Waals surface area contributed by atoms with Gasteiger partial charge in [-0.2, -0.15) is 0 Å². The minimum atomic E-state index is -4.00. The Bertz CT molecular complexity index is 1640. The van der Waals surface area contributed by atoms with Gasteiger partial charge < -0.3 is 19.5 Å². The molecule has 0 aromatic heterocycles. The van der Waals surface area contributed by atoms with E-state index in [2.05, 4.69) is 5.32 Å². The Balaban J connectivity index is 1.67. The van der Waals surface area contributed by atoms with Crippen molar-refractivity contribution < 1.29 is 27.4 Å². The normalized spacial score (nSPS) is 16.2. The van der Waals surface area contributed by atoms with Gasteiger partial charge in [0.2, 0.25) is 0 Å². The van der Waals surface area contributed by atoms with Crippen LogP contribution in [0.15, 0.2) is 95.9 Å². The Morgan fingerprint density at radius 2 is 1.40 bits per heavy atom. The van der Waals surface area contributed by atoms with Crippen molar-refractivity contribution in [2.24, 2.45) is 0 Å². The molecule has 0 bridgehead atoms. The third-order valence-electron chi connectivity index (χ3n) is 7.14. The molecule has 8 nitrogen and oxygen atoms in total. The number of hydrogen-bond acceptors (Lipinski definition) is 6. The maximum atomic E-state index is 14.2. The summed E-state index contributed by atoms with van der Waals surface area (Å²) in [4.78, 5) is 13.2. The van der Waals surface area contributed by atoms with Gasteiger partial charge in [-0.25, -0.2) is 8.42 Å². The largest absolute Gasteiger partial charge is 0.494 e. The van der Waals surface area contributed by atoms with Crippen LogP contribution in [0.1, 0.15) is 40.4 Å². The van der Waals surface area contributed by atoms with E-state index in [1.54, 1.807) is 93.1 Å². The number of nitrogens with zero attached hydrogens (tertiary/aromatic N) is 1. The second kappa shape index (κ2) is 10.9. The Morgan fingerprint density at radius 1 is 0.775 bits per heavy atom. The molecule has 0 fully saturated rings. The first kappa shape index (κ1) is 27.1. The molecule has 0 spiro atoms. The van der Waals surface area contributed by atoms with E-state index < -0.39 is 16.1 Å². The number of carbonyl (C=O) groups excluding carboxylic acids is 1. The lowest BCUT2D eigenvalue weighted by Gasteiger charge is -2.29. The van der Waals surface area contributed by atoms with Gasteiger partial charge in [0.15, 0.2) is 11.5 Å². The van der Waals surface area contributed by atoms with E-state index in [0.717, 1.165) is 11.1 Å². The molecule has 2 atom stereocenters. The lowest BCUT2D eigenvalue weighted by Crippen LogP contribution is -2.33. The smallest absolute Gasteiger partial charge is 0.264 e. The number of anilines is 2. The van der Waals surface area contributed by atoms with Crippen LogP contribution >= 0.6 is 0 Å². The standard InChI is InChI=1S/C31H30N2O6S/c1-20-24-18-25(32-31(34)21-11-7-5-8-12-21)28(38-3)19-26(24)33(40(35,36)23-13-9-6-10-14-23)30(20)22-15-16-27(37-2)29(17-22)39-4/h5-20,30H,1-4H3,(H,32,34)/t20-,30-/m1/s1. The topological polar surface area (TPSA) is 94.2 Å².